The summed E-state index contributed by atoms with van der Waals surface area (Å²) in [5.41, 5.74) is 3.13. The third-order valence-electron chi connectivity index (χ3n) is 4.62. The fourth-order valence-electron chi connectivity index (χ4n) is 3.24. The van der Waals surface area contributed by atoms with Crippen molar-refractivity contribution >= 4 is 21.5 Å². The number of aromatic nitrogens is 3. The quantitative estimate of drug-likeness (QED) is 0.450. The summed E-state index contributed by atoms with van der Waals surface area (Å²) in [6.45, 7) is 2.09. The van der Waals surface area contributed by atoms with Crippen molar-refractivity contribution < 1.29 is 17.9 Å². The second-order valence-corrected chi connectivity index (χ2v) is 8.29. The molecular weight excluding hydrogens is 409 g/mol. The highest BCUT2D eigenvalue weighted by Gasteiger charge is 2.16. The van der Waals surface area contributed by atoms with Crippen LogP contribution in [-0.4, -0.2) is 27.9 Å². The molecule has 0 spiro atoms. The number of nitrogens with one attached hydrogen (secondary N) is 1. The summed E-state index contributed by atoms with van der Waals surface area (Å²) < 4.78 is 38.7. The maximum atomic E-state index is 13.9. The van der Waals surface area contributed by atoms with Crippen LogP contribution in [0.25, 0.3) is 16.9 Å². The van der Waals surface area contributed by atoms with Crippen molar-refractivity contribution in [3.63, 3.8) is 0 Å². The van der Waals surface area contributed by atoms with E-state index in [1.165, 1.54) is 24.3 Å². The number of sulfonamides is 1. The lowest BCUT2D eigenvalue weighted by atomic mass is 10.1. The molecule has 10 heteroatoms. The maximum absolute atomic E-state index is 13.9. The SMILES string of the molecule is Cc1nc2c(NCc3cccc(S(N)(=O)=O)c3)nccn2c1-c1ccc(O)c(F)c1. The van der Waals surface area contributed by atoms with E-state index in [1.807, 2.05) is 0 Å². The molecule has 4 aromatic rings. The highest BCUT2D eigenvalue weighted by molar-refractivity contribution is 7.89. The summed E-state index contributed by atoms with van der Waals surface area (Å²) in [6, 6.07) is 10.5. The van der Waals surface area contributed by atoms with Gasteiger partial charge >= 0.3 is 0 Å². The Labute approximate surface area is 171 Å². The molecule has 0 atom stereocenters. The zero-order chi connectivity index (χ0) is 21.5. The number of phenolic OH excluding ortho intramolecular Hbond substituents is 1. The Hall–Kier alpha value is -3.50. The van der Waals surface area contributed by atoms with Gasteiger partial charge in [0, 0.05) is 24.5 Å². The average molecular weight is 427 g/mol. The number of halogens is 1. The summed E-state index contributed by atoms with van der Waals surface area (Å²) >= 11 is 0. The third kappa shape index (κ3) is 3.70. The molecule has 0 bridgehead atoms. The zero-order valence-corrected chi connectivity index (χ0v) is 16.7. The van der Waals surface area contributed by atoms with Crippen LogP contribution < -0.4 is 10.5 Å². The highest BCUT2D eigenvalue weighted by atomic mass is 32.2. The van der Waals surface area contributed by atoms with Gasteiger partial charge in [0.05, 0.1) is 16.3 Å². The number of benzene rings is 2. The van der Waals surface area contributed by atoms with E-state index in [1.54, 1.807) is 41.9 Å². The lowest BCUT2D eigenvalue weighted by molar-refractivity contribution is 0.432. The lowest BCUT2D eigenvalue weighted by Crippen LogP contribution is -2.12. The second-order valence-electron chi connectivity index (χ2n) is 6.73. The van der Waals surface area contributed by atoms with Gasteiger partial charge in [-0.3, -0.25) is 4.40 Å². The van der Waals surface area contributed by atoms with Crippen molar-refractivity contribution in [3.05, 3.63) is 71.9 Å². The number of nitrogens with zero attached hydrogens (tertiary/aromatic N) is 3. The molecular formula is C20H18FN5O3S. The van der Waals surface area contributed by atoms with Crippen LogP contribution in [0.4, 0.5) is 10.2 Å². The number of rotatable bonds is 5. The van der Waals surface area contributed by atoms with Crippen LogP contribution in [0.5, 0.6) is 5.75 Å². The number of fused-ring (bicyclic) bond motifs is 1. The molecule has 2 aromatic carbocycles. The highest BCUT2D eigenvalue weighted by Crippen LogP contribution is 2.29. The topological polar surface area (TPSA) is 123 Å². The Morgan fingerprint density at radius 3 is 2.77 bits per heavy atom. The van der Waals surface area contributed by atoms with E-state index in [4.69, 9.17) is 5.14 Å². The monoisotopic (exact) mass is 427 g/mol. The van der Waals surface area contributed by atoms with E-state index in [9.17, 15) is 17.9 Å². The third-order valence-corrected chi connectivity index (χ3v) is 5.54. The first-order chi connectivity index (χ1) is 14.2. The number of nitrogens with two attached hydrogens (primary N) is 1. The molecule has 2 heterocycles. The molecule has 0 unspecified atom stereocenters. The van der Waals surface area contributed by atoms with Crippen molar-refractivity contribution in [2.75, 3.05) is 5.32 Å². The Balaban J connectivity index is 1.69. The Morgan fingerprint density at radius 1 is 1.23 bits per heavy atom. The summed E-state index contributed by atoms with van der Waals surface area (Å²) in [5, 5.41) is 17.8. The van der Waals surface area contributed by atoms with Gasteiger partial charge in [0.1, 0.15) is 0 Å². The van der Waals surface area contributed by atoms with E-state index >= 15 is 0 Å². The number of aromatic hydroxyl groups is 1. The van der Waals surface area contributed by atoms with Gasteiger partial charge in [-0.1, -0.05) is 12.1 Å². The smallest absolute Gasteiger partial charge is 0.238 e. The van der Waals surface area contributed by atoms with Gasteiger partial charge < -0.3 is 10.4 Å². The minimum absolute atomic E-state index is 0.0290. The lowest BCUT2D eigenvalue weighted by Gasteiger charge is -2.09. The largest absolute Gasteiger partial charge is 0.505 e. The fourth-order valence-corrected chi connectivity index (χ4v) is 3.82. The number of imidazole rings is 1. The summed E-state index contributed by atoms with van der Waals surface area (Å²) in [7, 11) is -3.79. The number of aryl methyl sites for hydroxylation is 1. The van der Waals surface area contributed by atoms with Crippen molar-refractivity contribution in [1.29, 1.82) is 0 Å². The standard InChI is InChI=1S/C20H18FN5O3S/c1-12-18(14-5-6-17(27)16(21)10-14)26-8-7-23-19(20(26)25-12)24-11-13-3-2-4-15(9-13)30(22,28)29/h2-10,27H,11H2,1H3,(H,23,24)(H2,22,28,29). The van der Waals surface area contributed by atoms with E-state index in [0.29, 0.717) is 40.5 Å². The van der Waals surface area contributed by atoms with Crippen LogP contribution in [0.1, 0.15) is 11.3 Å². The summed E-state index contributed by atoms with van der Waals surface area (Å²) in [6.07, 6.45) is 3.29. The molecule has 154 valence electrons. The van der Waals surface area contributed by atoms with Crippen molar-refractivity contribution in [1.82, 2.24) is 14.4 Å². The van der Waals surface area contributed by atoms with Crippen LogP contribution in [0, 0.1) is 12.7 Å². The number of hydrogen-bond donors (Lipinski definition) is 3. The Kier molecular flexibility index (Phi) is 4.88. The average Bonchev–Trinajstić information content (AvgIpc) is 3.04. The second kappa shape index (κ2) is 7.39. The molecule has 0 amide bonds. The Bertz CT molecular complexity index is 1370. The molecule has 0 aliphatic carbocycles. The van der Waals surface area contributed by atoms with Gasteiger partial charge in [-0.25, -0.2) is 27.9 Å². The van der Waals surface area contributed by atoms with Gasteiger partial charge in [-0.05, 0) is 42.8 Å². The first-order valence-electron chi connectivity index (χ1n) is 8.92. The van der Waals surface area contributed by atoms with Crippen LogP contribution in [-0.2, 0) is 16.6 Å². The molecule has 0 saturated carbocycles. The molecule has 4 N–H and O–H groups in total. The van der Waals surface area contributed by atoms with Crippen LogP contribution in [0.15, 0.2) is 59.8 Å². The fraction of sp³-hybridized carbons (Fsp3) is 0.100. The van der Waals surface area contributed by atoms with Gasteiger partial charge in [-0.2, -0.15) is 0 Å². The Morgan fingerprint density at radius 2 is 2.03 bits per heavy atom. The molecule has 0 saturated heterocycles. The van der Waals surface area contributed by atoms with Gasteiger partial charge in [-0.15, -0.1) is 0 Å². The van der Waals surface area contributed by atoms with Crippen LogP contribution in [0.3, 0.4) is 0 Å². The molecule has 30 heavy (non-hydrogen) atoms. The van der Waals surface area contributed by atoms with Crippen molar-refractivity contribution in [3.8, 4) is 17.0 Å². The molecule has 2 aromatic heterocycles. The van der Waals surface area contributed by atoms with Gasteiger partial charge in [0.15, 0.2) is 23.0 Å². The van der Waals surface area contributed by atoms with Crippen molar-refractivity contribution in [2.24, 2.45) is 5.14 Å². The van der Waals surface area contributed by atoms with Crippen molar-refractivity contribution in [2.45, 2.75) is 18.4 Å². The van der Waals surface area contributed by atoms with E-state index in [2.05, 4.69) is 15.3 Å². The minimum atomic E-state index is -3.79. The molecule has 0 aliphatic heterocycles. The normalized spacial score (nSPS) is 11.7. The molecule has 0 aliphatic rings. The molecule has 0 radical (unpaired) electrons. The maximum Gasteiger partial charge on any atom is 0.238 e. The number of phenols is 1. The first kappa shape index (κ1) is 19.8. The van der Waals surface area contributed by atoms with E-state index < -0.39 is 21.6 Å². The summed E-state index contributed by atoms with van der Waals surface area (Å²) in [5.74, 6) is -0.660. The summed E-state index contributed by atoms with van der Waals surface area (Å²) in [4.78, 5) is 8.90. The van der Waals surface area contributed by atoms with Crippen LogP contribution >= 0.6 is 0 Å². The predicted molar refractivity (Wildman–Crippen MR) is 110 cm³/mol. The van der Waals surface area contributed by atoms with E-state index in [-0.39, 0.29) is 4.90 Å². The first-order valence-corrected chi connectivity index (χ1v) is 10.5. The molecule has 8 nitrogen and oxygen atoms in total. The van der Waals surface area contributed by atoms with Gasteiger partial charge in [0.2, 0.25) is 10.0 Å². The molecule has 0 fully saturated rings. The van der Waals surface area contributed by atoms with Crippen LogP contribution in [0.2, 0.25) is 0 Å². The minimum Gasteiger partial charge on any atom is -0.505 e. The molecule has 4 rings (SSSR count). The number of anilines is 1. The van der Waals surface area contributed by atoms with Gasteiger partial charge in [0.25, 0.3) is 0 Å². The number of hydrogen-bond acceptors (Lipinski definition) is 6. The van der Waals surface area contributed by atoms with E-state index in [0.717, 1.165) is 0 Å². The zero-order valence-electron chi connectivity index (χ0n) is 15.9. The number of primary sulfonamides is 1. The predicted octanol–water partition coefficient (Wildman–Crippen LogP) is 2.81.